The molecular formula is C17H21BrFNO. The Kier molecular flexibility index (Phi) is 4.63. The van der Waals surface area contributed by atoms with E-state index in [9.17, 15) is 9.18 Å². The van der Waals surface area contributed by atoms with Crippen LogP contribution >= 0.6 is 15.9 Å². The molecule has 1 aromatic carbocycles. The quantitative estimate of drug-likeness (QED) is 0.749. The zero-order chi connectivity index (χ0) is 14.8. The predicted octanol–water partition coefficient (Wildman–Crippen LogP) is 4.77. The van der Waals surface area contributed by atoms with Crippen molar-refractivity contribution in [2.45, 2.75) is 51.0 Å². The lowest BCUT2D eigenvalue weighted by atomic mass is 9.83. The van der Waals surface area contributed by atoms with E-state index in [1.54, 1.807) is 12.1 Å². The van der Waals surface area contributed by atoms with Crippen molar-refractivity contribution in [1.82, 2.24) is 4.90 Å². The minimum Gasteiger partial charge on any atom is -0.335 e. The summed E-state index contributed by atoms with van der Waals surface area (Å²) in [5, 5.41) is 0. The van der Waals surface area contributed by atoms with Gasteiger partial charge in [-0.3, -0.25) is 4.79 Å². The molecule has 1 saturated heterocycles. The molecule has 21 heavy (non-hydrogen) atoms. The summed E-state index contributed by atoms with van der Waals surface area (Å²) in [5.74, 6) is 0.0347. The van der Waals surface area contributed by atoms with E-state index < -0.39 is 5.82 Å². The van der Waals surface area contributed by atoms with Gasteiger partial charge < -0.3 is 4.90 Å². The molecule has 3 rings (SSSR count). The second-order valence-electron chi connectivity index (χ2n) is 6.20. The van der Waals surface area contributed by atoms with Crippen LogP contribution in [0.25, 0.3) is 0 Å². The van der Waals surface area contributed by atoms with E-state index in [4.69, 9.17) is 0 Å². The lowest BCUT2D eigenvalue weighted by Crippen LogP contribution is -2.41. The number of hydrogen-bond acceptors (Lipinski definition) is 1. The second kappa shape index (κ2) is 6.47. The van der Waals surface area contributed by atoms with Gasteiger partial charge in [-0.25, -0.2) is 4.39 Å². The molecule has 1 heterocycles. The van der Waals surface area contributed by atoms with E-state index in [-0.39, 0.29) is 11.5 Å². The zero-order valence-corrected chi connectivity index (χ0v) is 13.7. The predicted molar refractivity (Wildman–Crippen MR) is 84.7 cm³/mol. The molecule has 1 saturated carbocycles. The molecule has 4 heteroatoms. The third kappa shape index (κ3) is 3.01. The Morgan fingerprint density at radius 3 is 2.62 bits per heavy atom. The number of rotatable bonds is 2. The maximum atomic E-state index is 14.0. The number of amides is 1. The van der Waals surface area contributed by atoms with Crippen molar-refractivity contribution in [3.05, 3.63) is 34.1 Å². The van der Waals surface area contributed by atoms with E-state index in [0.29, 0.717) is 16.4 Å². The minimum absolute atomic E-state index is 0.145. The number of hydrogen-bond donors (Lipinski definition) is 0. The maximum absolute atomic E-state index is 14.0. The molecule has 1 amide bonds. The molecule has 0 radical (unpaired) electrons. The van der Waals surface area contributed by atoms with Gasteiger partial charge in [0.2, 0.25) is 0 Å². The average molecular weight is 354 g/mol. The lowest BCUT2D eigenvalue weighted by Gasteiger charge is -2.34. The third-order valence-electron chi connectivity index (χ3n) is 4.93. The third-order valence-corrected chi connectivity index (χ3v) is 5.59. The van der Waals surface area contributed by atoms with E-state index in [1.807, 2.05) is 4.90 Å². The molecule has 0 bridgehead atoms. The summed E-state index contributed by atoms with van der Waals surface area (Å²) in [6, 6.07) is 5.04. The van der Waals surface area contributed by atoms with Gasteiger partial charge in [-0.05, 0) is 59.7 Å². The van der Waals surface area contributed by atoms with Gasteiger partial charge in [0.25, 0.3) is 5.91 Å². The maximum Gasteiger partial charge on any atom is 0.258 e. The highest BCUT2D eigenvalue weighted by Crippen LogP contribution is 2.35. The Morgan fingerprint density at radius 2 is 1.90 bits per heavy atom. The molecule has 0 aromatic heterocycles. The van der Waals surface area contributed by atoms with Crippen LogP contribution < -0.4 is 0 Å². The summed E-state index contributed by atoms with van der Waals surface area (Å²) in [7, 11) is 0. The second-order valence-corrected chi connectivity index (χ2v) is 7.06. The van der Waals surface area contributed by atoms with Crippen LogP contribution in [0.5, 0.6) is 0 Å². The van der Waals surface area contributed by atoms with Crippen LogP contribution in [-0.4, -0.2) is 23.4 Å². The van der Waals surface area contributed by atoms with Gasteiger partial charge in [0.05, 0.1) is 5.56 Å². The summed E-state index contributed by atoms with van der Waals surface area (Å²) < 4.78 is 14.6. The fraction of sp³-hybridized carbons (Fsp3) is 0.588. The van der Waals surface area contributed by atoms with Crippen LogP contribution in [0.15, 0.2) is 22.7 Å². The van der Waals surface area contributed by atoms with Gasteiger partial charge in [-0.15, -0.1) is 0 Å². The summed E-state index contributed by atoms with van der Waals surface area (Å²) in [4.78, 5) is 14.7. The molecule has 2 nitrogen and oxygen atoms in total. The highest BCUT2D eigenvalue weighted by Gasteiger charge is 2.36. The minimum atomic E-state index is -0.427. The van der Waals surface area contributed by atoms with Gasteiger partial charge >= 0.3 is 0 Å². The first-order valence-electron chi connectivity index (χ1n) is 7.93. The van der Waals surface area contributed by atoms with Crippen LogP contribution in [0.4, 0.5) is 4.39 Å². The highest BCUT2D eigenvalue weighted by molar-refractivity contribution is 9.10. The van der Waals surface area contributed by atoms with Crippen molar-refractivity contribution in [2.75, 3.05) is 6.54 Å². The van der Waals surface area contributed by atoms with Crippen molar-refractivity contribution < 1.29 is 9.18 Å². The molecule has 1 aromatic rings. The van der Waals surface area contributed by atoms with Crippen molar-refractivity contribution >= 4 is 21.8 Å². The molecular weight excluding hydrogens is 333 g/mol. The lowest BCUT2D eigenvalue weighted by molar-refractivity contribution is 0.0656. The monoisotopic (exact) mass is 353 g/mol. The summed E-state index contributed by atoms with van der Waals surface area (Å²) in [6.45, 7) is 0.765. The number of carbonyl (C=O) groups excluding carboxylic acids is 1. The largest absolute Gasteiger partial charge is 0.335 e. The first-order chi connectivity index (χ1) is 10.2. The van der Waals surface area contributed by atoms with Crippen LogP contribution in [-0.2, 0) is 0 Å². The number of benzene rings is 1. The van der Waals surface area contributed by atoms with Crippen LogP contribution in [0.1, 0.15) is 55.3 Å². The van der Waals surface area contributed by atoms with Crippen LogP contribution in [0.3, 0.4) is 0 Å². The van der Waals surface area contributed by atoms with Crippen molar-refractivity contribution in [2.24, 2.45) is 5.92 Å². The molecule has 0 spiro atoms. The average Bonchev–Trinajstić information content (AvgIpc) is 2.97. The summed E-state index contributed by atoms with van der Waals surface area (Å²) in [6.07, 6.45) is 8.40. The molecule has 2 fully saturated rings. The van der Waals surface area contributed by atoms with E-state index >= 15 is 0 Å². The molecule has 1 unspecified atom stereocenters. The van der Waals surface area contributed by atoms with Crippen molar-refractivity contribution in [3.8, 4) is 0 Å². The Morgan fingerprint density at radius 1 is 1.14 bits per heavy atom. The number of carbonyl (C=O) groups is 1. The van der Waals surface area contributed by atoms with E-state index in [2.05, 4.69) is 15.9 Å². The molecule has 1 atom stereocenters. The number of likely N-dealkylation sites (tertiary alicyclic amines) is 1. The Hall–Kier alpha value is -0.900. The van der Waals surface area contributed by atoms with Crippen LogP contribution in [0.2, 0.25) is 0 Å². The van der Waals surface area contributed by atoms with Gasteiger partial charge in [0.1, 0.15) is 5.82 Å². The molecule has 2 aliphatic rings. The fourth-order valence-electron chi connectivity index (χ4n) is 3.90. The molecule has 1 aliphatic carbocycles. The normalized spacial score (nSPS) is 23.5. The van der Waals surface area contributed by atoms with Crippen molar-refractivity contribution in [3.63, 3.8) is 0 Å². The number of halogens is 2. The first kappa shape index (κ1) is 15.0. The van der Waals surface area contributed by atoms with Crippen LogP contribution in [0, 0.1) is 11.7 Å². The standard InChI is InChI=1S/C17H21BrFNO/c18-13-8-4-9-14(19)16(13)17(21)20-11-5-10-15(20)12-6-2-1-3-7-12/h4,8-9,12,15H,1-3,5-7,10-11H2. The van der Waals surface area contributed by atoms with Gasteiger partial charge in [0, 0.05) is 17.1 Å². The Balaban J connectivity index is 1.83. The topological polar surface area (TPSA) is 20.3 Å². The van der Waals surface area contributed by atoms with Gasteiger partial charge in [-0.2, -0.15) is 0 Å². The molecule has 114 valence electrons. The molecule has 1 aliphatic heterocycles. The molecule has 0 N–H and O–H groups in total. The fourth-order valence-corrected chi connectivity index (χ4v) is 4.41. The van der Waals surface area contributed by atoms with Gasteiger partial charge in [-0.1, -0.05) is 25.3 Å². The number of nitrogens with zero attached hydrogens (tertiary/aromatic N) is 1. The summed E-state index contributed by atoms with van der Waals surface area (Å²) in [5.41, 5.74) is 0.195. The Bertz CT molecular complexity index is 507. The zero-order valence-electron chi connectivity index (χ0n) is 12.2. The van der Waals surface area contributed by atoms with E-state index in [0.717, 1.165) is 19.4 Å². The SMILES string of the molecule is O=C(c1c(F)cccc1Br)N1CCCC1C1CCCCC1. The first-order valence-corrected chi connectivity index (χ1v) is 8.73. The highest BCUT2D eigenvalue weighted by atomic mass is 79.9. The Labute approximate surface area is 133 Å². The smallest absolute Gasteiger partial charge is 0.258 e. The van der Waals surface area contributed by atoms with Gasteiger partial charge in [0.15, 0.2) is 0 Å². The van der Waals surface area contributed by atoms with Crippen molar-refractivity contribution in [1.29, 1.82) is 0 Å². The van der Waals surface area contributed by atoms with E-state index in [1.165, 1.54) is 38.2 Å². The summed E-state index contributed by atoms with van der Waals surface area (Å²) >= 11 is 3.32.